The van der Waals surface area contributed by atoms with Crippen molar-refractivity contribution in [2.45, 2.75) is 26.6 Å². The van der Waals surface area contributed by atoms with E-state index in [4.69, 9.17) is 5.41 Å². The van der Waals surface area contributed by atoms with Crippen LogP contribution in [0, 0.1) is 19.3 Å². The van der Waals surface area contributed by atoms with Gasteiger partial charge in [-0.25, -0.2) is 0 Å². The summed E-state index contributed by atoms with van der Waals surface area (Å²) in [7, 11) is 0. The molecule has 1 N–H and O–H groups in total. The van der Waals surface area contributed by atoms with Crippen molar-refractivity contribution in [2.75, 3.05) is 0 Å². The zero-order valence-electron chi connectivity index (χ0n) is 16.0. The Bertz CT molecular complexity index is 1150. The fourth-order valence-corrected chi connectivity index (χ4v) is 4.00. The number of hydrogen-bond donors (Lipinski definition) is 1. The van der Waals surface area contributed by atoms with Crippen molar-refractivity contribution in [1.29, 1.82) is 5.41 Å². The number of aliphatic imine (C=N–C) groups is 1. The third-order valence-electron chi connectivity index (χ3n) is 4.79. The Morgan fingerprint density at radius 1 is 1.20 bits per heavy atom. The fourth-order valence-electron chi connectivity index (χ4n) is 3.25. The van der Waals surface area contributed by atoms with Crippen molar-refractivity contribution in [2.24, 2.45) is 10.1 Å². The summed E-state index contributed by atoms with van der Waals surface area (Å²) >= 11 is 0.236. The molecule has 0 bridgehead atoms. The van der Waals surface area contributed by atoms with Crippen molar-refractivity contribution in [1.82, 2.24) is 9.58 Å². The zero-order chi connectivity index (χ0) is 21.6. The fraction of sp³-hybridized carbons (Fsp3) is 0.200. The van der Waals surface area contributed by atoms with Crippen molar-refractivity contribution in [3.63, 3.8) is 0 Å². The van der Waals surface area contributed by atoms with Crippen molar-refractivity contribution < 1.29 is 18.0 Å². The van der Waals surface area contributed by atoms with Crippen molar-refractivity contribution in [3.8, 4) is 0 Å². The normalized spacial score (nSPS) is 18.0. The Morgan fingerprint density at radius 3 is 2.57 bits per heavy atom. The maximum Gasteiger partial charge on any atom is 0.441 e. The highest BCUT2D eigenvalue weighted by Gasteiger charge is 2.46. The number of aromatic nitrogens is 1. The van der Waals surface area contributed by atoms with E-state index in [9.17, 15) is 18.0 Å². The number of carbonyl (C=O) groups is 1. The van der Waals surface area contributed by atoms with Crippen LogP contribution in [0.5, 0.6) is 0 Å². The van der Waals surface area contributed by atoms with E-state index in [2.05, 4.69) is 14.7 Å². The van der Waals surface area contributed by atoms with Gasteiger partial charge in [0.05, 0.1) is 5.57 Å². The van der Waals surface area contributed by atoms with E-state index >= 15 is 0 Å². The highest BCUT2D eigenvalue weighted by molar-refractivity contribution is 8.27. The lowest BCUT2D eigenvalue weighted by atomic mass is 10.1. The Labute approximate surface area is 174 Å². The Hall–Kier alpha value is -3.14. The Kier molecular flexibility index (Phi) is 4.89. The van der Waals surface area contributed by atoms with Gasteiger partial charge < -0.3 is 4.57 Å². The molecule has 0 fully saturated rings. The number of thioether (sulfide) groups is 1. The zero-order valence-corrected chi connectivity index (χ0v) is 16.8. The second kappa shape index (κ2) is 7.28. The molecule has 154 valence electrons. The molecule has 0 saturated heterocycles. The van der Waals surface area contributed by atoms with Crippen LogP contribution in [-0.4, -0.2) is 37.7 Å². The third kappa shape index (κ3) is 3.58. The molecule has 0 unspecified atom stereocenters. The average Bonchev–Trinajstić information content (AvgIpc) is 3.23. The summed E-state index contributed by atoms with van der Waals surface area (Å²) in [6.07, 6.45) is -3.18. The number of nitrogens with one attached hydrogen (secondary N) is 1. The van der Waals surface area contributed by atoms with Crippen LogP contribution < -0.4 is 0 Å². The quantitative estimate of drug-likeness (QED) is 0.735. The molecule has 6 nitrogen and oxygen atoms in total. The molecular formula is C20H16F3N5OS. The number of nitrogens with zero attached hydrogens (tertiary/aromatic N) is 4. The number of rotatable bonds is 3. The van der Waals surface area contributed by atoms with Gasteiger partial charge in [-0.1, -0.05) is 30.3 Å². The first-order chi connectivity index (χ1) is 14.1. The lowest BCUT2D eigenvalue weighted by Crippen LogP contribution is -2.35. The number of amides is 1. The molecule has 0 radical (unpaired) electrons. The molecule has 1 aromatic carbocycles. The van der Waals surface area contributed by atoms with Crippen LogP contribution in [-0.2, 0) is 11.3 Å². The summed E-state index contributed by atoms with van der Waals surface area (Å²) in [6, 6.07) is 11.7. The molecule has 4 rings (SSSR count). The highest BCUT2D eigenvalue weighted by atomic mass is 32.2. The van der Waals surface area contributed by atoms with E-state index in [1.807, 2.05) is 50.2 Å². The van der Waals surface area contributed by atoms with E-state index in [0.29, 0.717) is 12.1 Å². The lowest BCUT2D eigenvalue weighted by Gasteiger charge is -2.20. The molecule has 2 aliphatic heterocycles. The van der Waals surface area contributed by atoms with Crippen molar-refractivity contribution in [3.05, 3.63) is 64.5 Å². The molecule has 1 aromatic heterocycles. The minimum absolute atomic E-state index is 0.105. The van der Waals surface area contributed by atoms with Gasteiger partial charge in [0, 0.05) is 17.9 Å². The summed E-state index contributed by atoms with van der Waals surface area (Å²) in [4.78, 5) is 16.1. The van der Waals surface area contributed by atoms with Crippen LogP contribution in [0.3, 0.4) is 0 Å². The van der Waals surface area contributed by atoms with Gasteiger partial charge in [0.15, 0.2) is 5.84 Å². The maximum atomic E-state index is 12.9. The SMILES string of the molecule is Cc1cc(/C=C2\C(=N)N3N=C(C(F)(F)F)SC3=NC2=O)c(C)n1Cc1ccccc1. The Balaban J connectivity index is 1.68. The molecule has 0 spiro atoms. The van der Waals surface area contributed by atoms with Gasteiger partial charge in [-0.15, -0.1) is 0 Å². The van der Waals surface area contributed by atoms with Crippen LogP contribution in [0.2, 0.25) is 0 Å². The van der Waals surface area contributed by atoms with Gasteiger partial charge in [-0.3, -0.25) is 10.2 Å². The summed E-state index contributed by atoms with van der Waals surface area (Å²) in [5.74, 6) is -1.19. The van der Waals surface area contributed by atoms with Crippen LogP contribution in [0.1, 0.15) is 22.5 Å². The first-order valence-corrected chi connectivity index (χ1v) is 9.75. The predicted molar refractivity (Wildman–Crippen MR) is 111 cm³/mol. The van der Waals surface area contributed by atoms with Gasteiger partial charge in [0.1, 0.15) is 0 Å². The minimum Gasteiger partial charge on any atom is -0.344 e. The highest BCUT2D eigenvalue weighted by Crippen LogP contribution is 2.35. The van der Waals surface area contributed by atoms with Gasteiger partial charge in [0.25, 0.3) is 5.91 Å². The van der Waals surface area contributed by atoms with E-state index < -0.39 is 23.0 Å². The number of hydrazone groups is 1. The smallest absolute Gasteiger partial charge is 0.344 e. The standard InChI is InChI=1S/C20H16F3N5OS/c1-11-8-14(12(2)27(11)10-13-6-4-3-5-7-13)9-15-16(24)28-19(25-17(15)29)30-18(26-28)20(21,22)23/h3-9,24H,10H2,1-2H3/b15-9+,24-16?. The van der Waals surface area contributed by atoms with Crippen LogP contribution >= 0.6 is 11.8 Å². The first-order valence-electron chi connectivity index (χ1n) is 8.93. The van der Waals surface area contributed by atoms with Gasteiger partial charge in [-0.05, 0) is 48.9 Å². The first kappa shape index (κ1) is 20.1. The summed E-state index contributed by atoms with van der Waals surface area (Å²) < 4.78 is 40.9. The minimum atomic E-state index is -4.67. The molecule has 0 atom stereocenters. The van der Waals surface area contributed by atoms with Gasteiger partial charge >= 0.3 is 6.18 Å². The van der Waals surface area contributed by atoms with Crippen LogP contribution in [0.25, 0.3) is 6.08 Å². The number of carbonyl (C=O) groups excluding carboxylic acids is 1. The molecule has 0 aliphatic carbocycles. The van der Waals surface area contributed by atoms with E-state index in [0.717, 1.165) is 22.0 Å². The lowest BCUT2D eigenvalue weighted by molar-refractivity contribution is -0.114. The number of alkyl halides is 3. The second-order valence-electron chi connectivity index (χ2n) is 6.82. The molecular weight excluding hydrogens is 415 g/mol. The predicted octanol–water partition coefficient (Wildman–Crippen LogP) is 4.33. The summed E-state index contributed by atoms with van der Waals surface area (Å²) in [5.41, 5.74) is 3.52. The summed E-state index contributed by atoms with van der Waals surface area (Å²) in [5, 5.41) is 11.0. The molecule has 10 heteroatoms. The monoisotopic (exact) mass is 431 g/mol. The van der Waals surface area contributed by atoms with E-state index in [1.54, 1.807) is 0 Å². The number of benzene rings is 1. The second-order valence-corrected chi connectivity index (χ2v) is 7.78. The van der Waals surface area contributed by atoms with Gasteiger partial charge in [-0.2, -0.15) is 28.3 Å². The molecule has 1 amide bonds. The molecule has 0 saturated carbocycles. The van der Waals surface area contributed by atoms with Crippen molar-refractivity contribution >= 4 is 39.8 Å². The van der Waals surface area contributed by atoms with E-state index in [1.165, 1.54) is 6.08 Å². The topological polar surface area (TPSA) is 73.8 Å². The average molecular weight is 431 g/mol. The number of amidine groups is 2. The van der Waals surface area contributed by atoms with E-state index in [-0.39, 0.29) is 22.5 Å². The maximum absolute atomic E-state index is 12.9. The number of aryl methyl sites for hydroxylation is 1. The third-order valence-corrected chi connectivity index (χ3v) is 5.75. The van der Waals surface area contributed by atoms with Crippen LogP contribution in [0.15, 0.2) is 52.1 Å². The Morgan fingerprint density at radius 2 is 1.90 bits per heavy atom. The number of fused-ring (bicyclic) bond motifs is 1. The molecule has 3 heterocycles. The molecule has 30 heavy (non-hydrogen) atoms. The van der Waals surface area contributed by atoms with Crippen LogP contribution in [0.4, 0.5) is 13.2 Å². The molecule has 2 aromatic rings. The number of halogens is 3. The largest absolute Gasteiger partial charge is 0.441 e. The molecule has 2 aliphatic rings. The van der Waals surface area contributed by atoms with Gasteiger partial charge in [0.2, 0.25) is 10.2 Å². The number of hydrogen-bond acceptors (Lipinski definition) is 4. The summed E-state index contributed by atoms with van der Waals surface area (Å²) in [6.45, 7) is 4.45.